The Morgan fingerprint density at radius 2 is 1.89 bits per heavy atom. The molecule has 0 bridgehead atoms. The first kappa shape index (κ1) is 19.6. The van der Waals surface area contributed by atoms with E-state index in [-0.39, 0.29) is 11.9 Å². The first-order valence-electron chi connectivity index (χ1n) is 9.20. The fraction of sp³-hybridized carbons (Fsp3) is 0.273. The number of nitrogens with one attached hydrogen (secondary N) is 1. The van der Waals surface area contributed by atoms with Crippen LogP contribution in [0, 0.1) is 0 Å². The van der Waals surface area contributed by atoms with Crippen LogP contribution in [0.1, 0.15) is 23.0 Å². The van der Waals surface area contributed by atoms with Crippen LogP contribution >= 0.6 is 0 Å². The van der Waals surface area contributed by atoms with Crippen LogP contribution in [0.2, 0.25) is 0 Å². The Labute approximate surface area is 165 Å². The van der Waals surface area contributed by atoms with E-state index in [0.717, 1.165) is 17.1 Å². The van der Waals surface area contributed by atoms with Gasteiger partial charge in [-0.15, -0.1) is 0 Å². The van der Waals surface area contributed by atoms with Crippen molar-refractivity contribution in [1.29, 1.82) is 0 Å². The molecule has 146 valence electrons. The molecule has 6 heteroatoms. The fourth-order valence-corrected chi connectivity index (χ4v) is 3.15. The van der Waals surface area contributed by atoms with Gasteiger partial charge in [0, 0.05) is 26.0 Å². The number of aryl methyl sites for hydroxylation is 1. The number of amides is 1. The van der Waals surface area contributed by atoms with Crippen molar-refractivity contribution < 1.29 is 9.53 Å². The molecule has 0 aliphatic rings. The number of rotatable bonds is 8. The summed E-state index contributed by atoms with van der Waals surface area (Å²) in [5, 5.41) is 3.13. The minimum absolute atomic E-state index is 0.0535. The van der Waals surface area contributed by atoms with Crippen molar-refractivity contribution in [3.05, 3.63) is 83.9 Å². The van der Waals surface area contributed by atoms with E-state index in [1.54, 1.807) is 13.3 Å². The molecule has 1 atom stereocenters. The van der Waals surface area contributed by atoms with Gasteiger partial charge >= 0.3 is 0 Å². The molecular formula is C22H26N4O2. The van der Waals surface area contributed by atoms with E-state index in [2.05, 4.69) is 22.4 Å². The summed E-state index contributed by atoms with van der Waals surface area (Å²) in [7, 11) is 5.50. The lowest BCUT2D eigenvalue weighted by Gasteiger charge is -2.22. The minimum Gasteiger partial charge on any atom is -0.497 e. The Hall–Kier alpha value is -3.12. The molecule has 2 aromatic carbocycles. The Morgan fingerprint density at radius 3 is 2.50 bits per heavy atom. The zero-order valence-corrected chi connectivity index (χ0v) is 16.5. The van der Waals surface area contributed by atoms with Crippen LogP contribution in [0.5, 0.6) is 5.75 Å². The lowest BCUT2D eigenvalue weighted by atomic mass is 10.1. The Bertz CT molecular complexity index is 890. The monoisotopic (exact) mass is 378 g/mol. The van der Waals surface area contributed by atoms with E-state index in [9.17, 15) is 4.79 Å². The summed E-state index contributed by atoms with van der Waals surface area (Å²) in [6.45, 7) is 1.01. The number of carbonyl (C=O) groups excluding carboxylic acids is 1. The van der Waals surface area contributed by atoms with Crippen LogP contribution < -0.4 is 10.1 Å². The van der Waals surface area contributed by atoms with Crippen LogP contribution in [-0.2, 0) is 18.4 Å². The van der Waals surface area contributed by atoms with Crippen molar-refractivity contribution in [2.24, 2.45) is 7.05 Å². The summed E-state index contributed by atoms with van der Waals surface area (Å²) in [6, 6.07) is 17.5. The van der Waals surface area contributed by atoms with Gasteiger partial charge in [-0.3, -0.25) is 9.69 Å². The second-order valence-electron chi connectivity index (χ2n) is 6.83. The number of ether oxygens (including phenoxy) is 1. The second-order valence-corrected chi connectivity index (χ2v) is 6.83. The Morgan fingerprint density at radius 1 is 1.18 bits per heavy atom. The first-order valence-corrected chi connectivity index (χ1v) is 9.20. The number of methoxy groups -OCH3 is 1. The van der Waals surface area contributed by atoms with Gasteiger partial charge < -0.3 is 14.6 Å². The molecule has 1 heterocycles. The van der Waals surface area contributed by atoms with Crippen molar-refractivity contribution in [3.63, 3.8) is 0 Å². The second kappa shape index (κ2) is 9.19. The highest BCUT2D eigenvalue weighted by molar-refractivity contribution is 5.78. The topological polar surface area (TPSA) is 59.4 Å². The highest BCUT2D eigenvalue weighted by Crippen LogP contribution is 2.23. The lowest BCUT2D eigenvalue weighted by Crippen LogP contribution is -2.38. The molecule has 1 N–H and O–H groups in total. The maximum absolute atomic E-state index is 12.7. The normalized spacial score (nSPS) is 12.0. The highest BCUT2D eigenvalue weighted by Gasteiger charge is 2.21. The van der Waals surface area contributed by atoms with Crippen molar-refractivity contribution in [1.82, 2.24) is 19.8 Å². The number of benzene rings is 2. The van der Waals surface area contributed by atoms with E-state index >= 15 is 0 Å². The summed E-state index contributed by atoms with van der Waals surface area (Å²) < 4.78 is 7.16. The molecule has 3 rings (SSSR count). The van der Waals surface area contributed by atoms with Gasteiger partial charge in [-0.1, -0.05) is 42.5 Å². The zero-order chi connectivity index (χ0) is 19.9. The van der Waals surface area contributed by atoms with Gasteiger partial charge in [-0.2, -0.15) is 0 Å². The standard InChI is InChI=1S/C22H26N4O2/c1-25(15-17-7-5-4-6-8-17)16-20(27)24-21(22-23-13-14-26(22)2)18-9-11-19(28-3)12-10-18/h4-14,21H,15-16H2,1-3H3,(H,24,27). The van der Waals surface area contributed by atoms with Crippen LogP contribution in [0.3, 0.4) is 0 Å². The van der Waals surface area contributed by atoms with Gasteiger partial charge in [0.05, 0.1) is 13.7 Å². The number of hydrogen-bond acceptors (Lipinski definition) is 4. The SMILES string of the molecule is COc1ccc(C(NC(=O)CN(C)Cc2ccccc2)c2nccn2C)cc1. The first-order chi connectivity index (χ1) is 13.6. The highest BCUT2D eigenvalue weighted by atomic mass is 16.5. The molecule has 3 aromatic rings. The predicted molar refractivity (Wildman–Crippen MR) is 109 cm³/mol. The molecule has 1 aromatic heterocycles. The molecule has 0 saturated carbocycles. The molecule has 0 spiro atoms. The Balaban J connectivity index is 1.71. The number of carbonyl (C=O) groups is 1. The summed E-state index contributed by atoms with van der Waals surface area (Å²) in [6.07, 6.45) is 3.61. The molecule has 0 saturated heterocycles. The molecule has 0 fully saturated rings. The summed E-state index contributed by atoms with van der Waals surface area (Å²) in [5.41, 5.74) is 2.13. The molecule has 0 aliphatic carbocycles. The lowest BCUT2D eigenvalue weighted by molar-refractivity contribution is -0.122. The van der Waals surface area contributed by atoms with Crippen LogP contribution in [0.15, 0.2) is 67.0 Å². The predicted octanol–water partition coefficient (Wildman–Crippen LogP) is 2.77. The maximum Gasteiger partial charge on any atom is 0.235 e. The number of likely N-dealkylation sites (N-methyl/N-ethyl adjacent to an activating group) is 1. The molecule has 28 heavy (non-hydrogen) atoms. The molecule has 0 aliphatic heterocycles. The van der Waals surface area contributed by atoms with Crippen molar-refractivity contribution in [2.45, 2.75) is 12.6 Å². The van der Waals surface area contributed by atoms with Gasteiger partial charge in [0.15, 0.2) is 0 Å². The minimum atomic E-state index is -0.330. The van der Waals surface area contributed by atoms with Crippen LogP contribution in [-0.4, -0.2) is 41.1 Å². The van der Waals surface area contributed by atoms with Gasteiger partial charge in [-0.25, -0.2) is 4.98 Å². The smallest absolute Gasteiger partial charge is 0.235 e. The van der Waals surface area contributed by atoms with Gasteiger partial charge in [0.1, 0.15) is 17.6 Å². The average molecular weight is 378 g/mol. The summed E-state index contributed by atoms with van der Waals surface area (Å²) in [4.78, 5) is 19.2. The fourth-order valence-electron chi connectivity index (χ4n) is 3.15. The van der Waals surface area contributed by atoms with Crippen molar-refractivity contribution in [2.75, 3.05) is 20.7 Å². The molecule has 6 nitrogen and oxygen atoms in total. The van der Waals surface area contributed by atoms with Gasteiger partial charge in [0.2, 0.25) is 5.91 Å². The maximum atomic E-state index is 12.7. The third-order valence-electron chi connectivity index (χ3n) is 4.58. The van der Waals surface area contributed by atoms with Crippen molar-refractivity contribution >= 4 is 5.91 Å². The van der Waals surface area contributed by atoms with Gasteiger partial charge in [0.25, 0.3) is 0 Å². The Kier molecular flexibility index (Phi) is 6.45. The van der Waals surface area contributed by atoms with E-state index in [4.69, 9.17) is 4.74 Å². The van der Waals surface area contributed by atoms with Crippen molar-refractivity contribution in [3.8, 4) is 5.75 Å². The number of aromatic nitrogens is 2. The van der Waals surface area contributed by atoms with E-state index in [0.29, 0.717) is 13.1 Å². The van der Waals surface area contributed by atoms with E-state index < -0.39 is 0 Å². The van der Waals surface area contributed by atoms with Gasteiger partial charge in [-0.05, 0) is 30.3 Å². The molecular weight excluding hydrogens is 352 g/mol. The molecule has 1 amide bonds. The molecule has 0 radical (unpaired) electrons. The third kappa shape index (κ3) is 4.98. The summed E-state index contributed by atoms with van der Waals surface area (Å²) >= 11 is 0. The van der Waals surface area contributed by atoms with Crippen LogP contribution in [0.4, 0.5) is 0 Å². The number of nitrogens with zero attached hydrogens (tertiary/aromatic N) is 3. The van der Waals surface area contributed by atoms with Crippen LogP contribution in [0.25, 0.3) is 0 Å². The zero-order valence-electron chi connectivity index (χ0n) is 16.5. The van der Waals surface area contributed by atoms with E-state index in [1.165, 1.54) is 5.56 Å². The number of hydrogen-bond donors (Lipinski definition) is 1. The summed E-state index contributed by atoms with van der Waals surface area (Å²) in [5.74, 6) is 1.50. The average Bonchev–Trinajstić information content (AvgIpc) is 3.12. The quantitative estimate of drug-likeness (QED) is 0.655. The molecule has 1 unspecified atom stereocenters. The third-order valence-corrected chi connectivity index (χ3v) is 4.58. The number of imidazole rings is 1. The van der Waals surface area contributed by atoms with E-state index in [1.807, 2.05) is 72.2 Å². The largest absolute Gasteiger partial charge is 0.497 e.